The number of nitrogens with one attached hydrogen (secondary N) is 1. The summed E-state index contributed by atoms with van der Waals surface area (Å²) < 4.78 is 28.0. The SMILES string of the molecule is CNCCC=Cc1ccc(OC(F)F)cc1. The van der Waals surface area contributed by atoms with Crippen molar-refractivity contribution in [1.82, 2.24) is 5.32 Å². The largest absolute Gasteiger partial charge is 0.435 e. The molecule has 0 radical (unpaired) electrons. The summed E-state index contributed by atoms with van der Waals surface area (Å²) in [5, 5.41) is 3.03. The van der Waals surface area contributed by atoms with Gasteiger partial charge in [0.1, 0.15) is 5.75 Å². The lowest BCUT2D eigenvalue weighted by Gasteiger charge is -2.03. The molecular formula is C12H15F2NO. The zero-order chi connectivity index (χ0) is 11.8. The molecule has 0 aliphatic carbocycles. The molecule has 1 rings (SSSR count). The van der Waals surface area contributed by atoms with Crippen molar-refractivity contribution >= 4 is 6.08 Å². The molecule has 2 nitrogen and oxygen atoms in total. The molecule has 0 saturated carbocycles. The number of hydrogen-bond donors (Lipinski definition) is 1. The predicted octanol–water partition coefficient (Wildman–Crippen LogP) is 2.91. The molecule has 1 aromatic rings. The standard InChI is InChI=1S/C12H15F2NO/c1-15-9-3-2-4-10-5-7-11(8-6-10)16-12(13)14/h2,4-8,12,15H,3,9H2,1H3. The Kier molecular flexibility index (Phi) is 5.50. The van der Waals surface area contributed by atoms with Gasteiger partial charge in [0.25, 0.3) is 0 Å². The zero-order valence-corrected chi connectivity index (χ0v) is 9.12. The minimum Gasteiger partial charge on any atom is -0.435 e. The number of halogens is 2. The first-order valence-electron chi connectivity index (χ1n) is 5.08. The van der Waals surface area contributed by atoms with E-state index >= 15 is 0 Å². The van der Waals surface area contributed by atoms with Gasteiger partial charge in [-0.3, -0.25) is 0 Å². The molecule has 16 heavy (non-hydrogen) atoms. The van der Waals surface area contributed by atoms with E-state index in [0.29, 0.717) is 0 Å². The van der Waals surface area contributed by atoms with Crippen molar-refractivity contribution in [1.29, 1.82) is 0 Å². The fourth-order valence-electron chi connectivity index (χ4n) is 1.21. The summed E-state index contributed by atoms with van der Waals surface area (Å²) in [5.74, 6) is 0.183. The summed E-state index contributed by atoms with van der Waals surface area (Å²) in [4.78, 5) is 0. The van der Waals surface area contributed by atoms with Gasteiger partial charge < -0.3 is 10.1 Å². The van der Waals surface area contributed by atoms with E-state index in [1.54, 1.807) is 12.1 Å². The van der Waals surface area contributed by atoms with E-state index in [9.17, 15) is 8.78 Å². The minimum absolute atomic E-state index is 0.183. The Morgan fingerprint density at radius 1 is 1.31 bits per heavy atom. The molecule has 0 heterocycles. The highest BCUT2D eigenvalue weighted by Gasteiger charge is 2.02. The Bertz CT molecular complexity index is 322. The molecular weight excluding hydrogens is 212 g/mol. The summed E-state index contributed by atoms with van der Waals surface area (Å²) >= 11 is 0. The van der Waals surface area contributed by atoms with Crippen molar-refractivity contribution in [2.45, 2.75) is 13.0 Å². The van der Waals surface area contributed by atoms with Crippen LogP contribution in [0.4, 0.5) is 8.78 Å². The number of ether oxygens (including phenoxy) is 1. The highest BCUT2D eigenvalue weighted by Crippen LogP contribution is 2.15. The van der Waals surface area contributed by atoms with Gasteiger partial charge in [-0.25, -0.2) is 0 Å². The third-order valence-electron chi connectivity index (χ3n) is 1.98. The lowest BCUT2D eigenvalue weighted by Crippen LogP contribution is -2.05. The number of hydrogen-bond acceptors (Lipinski definition) is 2. The van der Waals surface area contributed by atoms with Gasteiger partial charge in [-0.05, 0) is 37.7 Å². The van der Waals surface area contributed by atoms with Crippen LogP contribution in [0.1, 0.15) is 12.0 Å². The van der Waals surface area contributed by atoms with Crippen LogP contribution in [0.15, 0.2) is 30.3 Å². The third-order valence-corrected chi connectivity index (χ3v) is 1.98. The van der Waals surface area contributed by atoms with Gasteiger partial charge in [0, 0.05) is 0 Å². The number of benzene rings is 1. The van der Waals surface area contributed by atoms with Gasteiger partial charge in [0.2, 0.25) is 0 Å². The van der Waals surface area contributed by atoms with Crippen molar-refractivity contribution in [3.63, 3.8) is 0 Å². The summed E-state index contributed by atoms with van der Waals surface area (Å²) in [6.07, 6.45) is 4.91. The summed E-state index contributed by atoms with van der Waals surface area (Å²) in [6, 6.07) is 6.55. The van der Waals surface area contributed by atoms with Crippen LogP contribution in [0.25, 0.3) is 6.08 Å². The van der Waals surface area contributed by atoms with Crippen LogP contribution >= 0.6 is 0 Å². The fourth-order valence-corrected chi connectivity index (χ4v) is 1.21. The average Bonchev–Trinajstić information content (AvgIpc) is 2.26. The summed E-state index contributed by atoms with van der Waals surface area (Å²) in [6.45, 7) is -1.85. The Balaban J connectivity index is 2.47. The first kappa shape index (κ1) is 12.6. The third kappa shape index (κ3) is 4.89. The topological polar surface area (TPSA) is 21.3 Å². The van der Waals surface area contributed by atoms with Crippen LogP contribution in [-0.4, -0.2) is 20.2 Å². The number of alkyl halides is 2. The molecule has 0 amide bonds. The molecule has 0 saturated heterocycles. The molecule has 0 aromatic heterocycles. The first-order valence-corrected chi connectivity index (χ1v) is 5.08. The van der Waals surface area contributed by atoms with Gasteiger partial charge in [0.05, 0.1) is 0 Å². The lowest BCUT2D eigenvalue weighted by molar-refractivity contribution is -0.0498. The maximum absolute atomic E-state index is 11.9. The van der Waals surface area contributed by atoms with Gasteiger partial charge in [0.15, 0.2) is 0 Å². The van der Waals surface area contributed by atoms with E-state index in [-0.39, 0.29) is 5.75 Å². The van der Waals surface area contributed by atoms with E-state index in [1.165, 1.54) is 12.1 Å². The first-order chi connectivity index (χ1) is 7.72. The molecule has 0 aliphatic heterocycles. The average molecular weight is 227 g/mol. The van der Waals surface area contributed by atoms with Crippen LogP contribution in [0, 0.1) is 0 Å². The monoisotopic (exact) mass is 227 g/mol. The zero-order valence-electron chi connectivity index (χ0n) is 9.12. The van der Waals surface area contributed by atoms with Crippen molar-refractivity contribution in [2.24, 2.45) is 0 Å². The van der Waals surface area contributed by atoms with Crippen LogP contribution in [0.3, 0.4) is 0 Å². The smallest absolute Gasteiger partial charge is 0.387 e. The molecule has 1 N–H and O–H groups in total. The molecule has 1 aromatic carbocycles. The molecule has 0 bridgehead atoms. The van der Waals surface area contributed by atoms with Gasteiger partial charge in [-0.1, -0.05) is 24.3 Å². The van der Waals surface area contributed by atoms with Crippen LogP contribution in [0.5, 0.6) is 5.75 Å². The quantitative estimate of drug-likeness (QED) is 0.754. The highest BCUT2D eigenvalue weighted by atomic mass is 19.3. The van der Waals surface area contributed by atoms with Crippen LogP contribution < -0.4 is 10.1 Å². The van der Waals surface area contributed by atoms with E-state index in [1.807, 2.05) is 19.2 Å². The molecule has 4 heteroatoms. The molecule has 0 atom stereocenters. The maximum Gasteiger partial charge on any atom is 0.387 e. The Morgan fingerprint density at radius 2 is 2.00 bits per heavy atom. The van der Waals surface area contributed by atoms with Crippen molar-refractivity contribution < 1.29 is 13.5 Å². The minimum atomic E-state index is -2.77. The number of rotatable bonds is 6. The Labute approximate surface area is 93.9 Å². The van der Waals surface area contributed by atoms with Crippen molar-refractivity contribution in [3.8, 4) is 5.75 Å². The Hall–Kier alpha value is -1.42. The molecule has 0 fully saturated rings. The van der Waals surface area contributed by atoms with Gasteiger partial charge in [-0.2, -0.15) is 8.78 Å². The van der Waals surface area contributed by atoms with Crippen LogP contribution in [-0.2, 0) is 0 Å². The Morgan fingerprint density at radius 3 is 2.56 bits per heavy atom. The second kappa shape index (κ2) is 6.95. The van der Waals surface area contributed by atoms with E-state index < -0.39 is 6.61 Å². The fraction of sp³-hybridized carbons (Fsp3) is 0.333. The second-order valence-corrected chi connectivity index (χ2v) is 3.24. The molecule has 0 unspecified atom stereocenters. The van der Waals surface area contributed by atoms with E-state index in [2.05, 4.69) is 10.1 Å². The van der Waals surface area contributed by atoms with E-state index in [4.69, 9.17) is 0 Å². The second-order valence-electron chi connectivity index (χ2n) is 3.24. The summed E-state index contributed by atoms with van der Waals surface area (Å²) in [7, 11) is 1.89. The predicted molar refractivity (Wildman–Crippen MR) is 60.7 cm³/mol. The van der Waals surface area contributed by atoms with Gasteiger partial charge in [-0.15, -0.1) is 0 Å². The molecule has 88 valence electrons. The van der Waals surface area contributed by atoms with Gasteiger partial charge >= 0.3 is 6.61 Å². The molecule has 0 aliphatic rings. The highest BCUT2D eigenvalue weighted by molar-refractivity contribution is 5.50. The maximum atomic E-state index is 11.9. The van der Waals surface area contributed by atoms with E-state index in [0.717, 1.165) is 18.5 Å². The van der Waals surface area contributed by atoms with Crippen molar-refractivity contribution in [2.75, 3.05) is 13.6 Å². The normalized spacial score (nSPS) is 11.2. The molecule has 0 spiro atoms. The lowest BCUT2D eigenvalue weighted by atomic mass is 10.2. The van der Waals surface area contributed by atoms with Crippen LogP contribution in [0.2, 0.25) is 0 Å². The van der Waals surface area contributed by atoms with Crippen molar-refractivity contribution in [3.05, 3.63) is 35.9 Å². The summed E-state index contributed by atoms with van der Waals surface area (Å²) in [5.41, 5.74) is 0.970.